The van der Waals surface area contributed by atoms with Crippen molar-refractivity contribution in [2.24, 2.45) is 5.18 Å². The first-order valence-electron chi connectivity index (χ1n) is 6.54. The Morgan fingerprint density at radius 1 is 1.42 bits per heavy atom. The fourth-order valence-electron chi connectivity index (χ4n) is 2.25. The topological polar surface area (TPSA) is 70.8 Å². The number of carbonyl (C=O) groups is 1. The first-order valence-corrected chi connectivity index (χ1v) is 6.54. The third-order valence-electron chi connectivity index (χ3n) is 3.58. The normalized spacial score (nSPS) is 18.3. The number of carbonyl (C=O) groups excluding carboxylic acids is 1. The van der Waals surface area contributed by atoms with Crippen molar-refractivity contribution < 1.29 is 4.79 Å². The standard InChI is InChI=1S/C12H19N5O2/c1-3-15-4-6-16(7-5-15)12(18)10(2)17-9-11(14-19)8-13-17/h8-10H,3-7H2,1-2H3. The van der Waals surface area contributed by atoms with Crippen LogP contribution in [0.2, 0.25) is 0 Å². The Morgan fingerprint density at radius 3 is 2.63 bits per heavy atom. The molecule has 0 aromatic carbocycles. The van der Waals surface area contributed by atoms with Crippen LogP contribution in [0.1, 0.15) is 19.9 Å². The summed E-state index contributed by atoms with van der Waals surface area (Å²) in [6, 6.07) is -0.399. The van der Waals surface area contributed by atoms with Crippen LogP contribution in [0.25, 0.3) is 0 Å². The molecular formula is C12H19N5O2. The number of amides is 1. The van der Waals surface area contributed by atoms with Gasteiger partial charge in [0.25, 0.3) is 0 Å². The lowest BCUT2D eigenvalue weighted by Crippen LogP contribution is -2.50. The molecule has 2 heterocycles. The van der Waals surface area contributed by atoms with Gasteiger partial charge in [-0.15, -0.1) is 4.91 Å². The molecule has 1 amide bonds. The Hall–Kier alpha value is -1.76. The molecule has 1 aliphatic heterocycles. The number of rotatable bonds is 4. The second-order valence-corrected chi connectivity index (χ2v) is 4.71. The molecule has 1 fully saturated rings. The van der Waals surface area contributed by atoms with Crippen LogP contribution >= 0.6 is 0 Å². The molecule has 1 aromatic heterocycles. The van der Waals surface area contributed by atoms with Crippen molar-refractivity contribution in [2.45, 2.75) is 19.9 Å². The average molecular weight is 265 g/mol. The molecule has 19 heavy (non-hydrogen) atoms. The molecule has 1 saturated heterocycles. The molecule has 0 radical (unpaired) electrons. The minimum Gasteiger partial charge on any atom is -0.338 e. The van der Waals surface area contributed by atoms with Gasteiger partial charge in [0.1, 0.15) is 11.7 Å². The van der Waals surface area contributed by atoms with Crippen LogP contribution in [-0.2, 0) is 4.79 Å². The molecule has 1 atom stereocenters. The summed E-state index contributed by atoms with van der Waals surface area (Å²) < 4.78 is 1.49. The lowest BCUT2D eigenvalue weighted by molar-refractivity contribution is -0.136. The molecule has 0 aliphatic carbocycles. The zero-order valence-electron chi connectivity index (χ0n) is 11.3. The molecule has 7 nitrogen and oxygen atoms in total. The van der Waals surface area contributed by atoms with Crippen molar-refractivity contribution in [3.63, 3.8) is 0 Å². The maximum absolute atomic E-state index is 12.3. The predicted octanol–water partition coefficient (Wildman–Crippen LogP) is 1.01. The van der Waals surface area contributed by atoms with E-state index in [0.717, 1.165) is 32.7 Å². The molecule has 2 rings (SSSR count). The summed E-state index contributed by atoms with van der Waals surface area (Å²) in [4.78, 5) is 26.9. The minimum atomic E-state index is -0.399. The van der Waals surface area contributed by atoms with Gasteiger partial charge in [0.05, 0.1) is 12.4 Å². The monoisotopic (exact) mass is 265 g/mol. The molecule has 1 unspecified atom stereocenters. The number of likely N-dealkylation sites (N-methyl/N-ethyl adjacent to an activating group) is 1. The third kappa shape index (κ3) is 2.98. The molecule has 1 aromatic rings. The minimum absolute atomic E-state index is 0.0382. The van der Waals surface area contributed by atoms with Crippen molar-refractivity contribution in [1.29, 1.82) is 0 Å². The van der Waals surface area contributed by atoms with Gasteiger partial charge in [-0.3, -0.25) is 9.48 Å². The molecule has 1 aliphatic rings. The number of aromatic nitrogens is 2. The maximum atomic E-state index is 12.3. The first-order chi connectivity index (χ1) is 9.15. The zero-order valence-corrected chi connectivity index (χ0v) is 11.3. The summed E-state index contributed by atoms with van der Waals surface area (Å²) in [5.41, 5.74) is 0.246. The van der Waals surface area contributed by atoms with Crippen molar-refractivity contribution in [3.05, 3.63) is 17.3 Å². The molecule has 0 saturated carbocycles. The summed E-state index contributed by atoms with van der Waals surface area (Å²) in [5, 5.41) is 6.80. The molecular weight excluding hydrogens is 246 g/mol. The first kappa shape index (κ1) is 13.7. The SMILES string of the molecule is CCN1CCN(C(=O)C(C)n2cc(N=O)cn2)CC1. The molecule has 0 N–H and O–H groups in total. The van der Waals surface area contributed by atoms with Gasteiger partial charge in [0, 0.05) is 26.2 Å². The number of nitroso groups, excluding NO2 is 1. The lowest BCUT2D eigenvalue weighted by Gasteiger charge is -2.35. The summed E-state index contributed by atoms with van der Waals surface area (Å²) in [7, 11) is 0. The van der Waals surface area contributed by atoms with Gasteiger partial charge in [-0.05, 0) is 18.6 Å². The number of nitrogens with zero attached hydrogens (tertiary/aromatic N) is 5. The van der Waals surface area contributed by atoms with Crippen LogP contribution in [0.3, 0.4) is 0 Å². The van der Waals surface area contributed by atoms with Crippen LogP contribution < -0.4 is 0 Å². The average Bonchev–Trinajstić information content (AvgIpc) is 2.94. The predicted molar refractivity (Wildman–Crippen MR) is 71.1 cm³/mol. The largest absolute Gasteiger partial charge is 0.338 e. The second-order valence-electron chi connectivity index (χ2n) is 4.71. The van der Waals surface area contributed by atoms with Crippen molar-refractivity contribution in [1.82, 2.24) is 19.6 Å². The maximum Gasteiger partial charge on any atom is 0.247 e. The van der Waals surface area contributed by atoms with Crippen molar-refractivity contribution >= 4 is 11.6 Å². The van der Waals surface area contributed by atoms with Crippen molar-refractivity contribution in [2.75, 3.05) is 32.7 Å². The van der Waals surface area contributed by atoms with Gasteiger partial charge in [-0.2, -0.15) is 5.10 Å². The third-order valence-corrected chi connectivity index (χ3v) is 3.58. The van der Waals surface area contributed by atoms with E-state index in [1.54, 1.807) is 6.92 Å². The number of hydrogen-bond acceptors (Lipinski definition) is 5. The van der Waals surface area contributed by atoms with Crippen LogP contribution in [0.4, 0.5) is 5.69 Å². The van der Waals surface area contributed by atoms with E-state index >= 15 is 0 Å². The molecule has 7 heteroatoms. The summed E-state index contributed by atoms with van der Waals surface area (Å²) in [5.74, 6) is 0.0382. The molecule has 0 bridgehead atoms. The fourth-order valence-corrected chi connectivity index (χ4v) is 2.25. The Kier molecular flexibility index (Phi) is 4.26. The molecule has 0 spiro atoms. The number of hydrogen-bond donors (Lipinski definition) is 0. The van der Waals surface area contributed by atoms with Crippen LogP contribution in [-0.4, -0.2) is 58.2 Å². The summed E-state index contributed by atoms with van der Waals surface area (Å²) >= 11 is 0. The lowest BCUT2D eigenvalue weighted by atomic mass is 10.2. The summed E-state index contributed by atoms with van der Waals surface area (Å²) in [6.07, 6.45) is 2.86. The number of piperazine rings is 1. The van der Waals surface area contributed by atoms with E-state index in [2.05, 4.69) is 22.1 Å². The van der Waals surface area contributed by atoms with Gasteiger partial charge < -0.3 is 9.80 Å². The van der Waals surface area contributed by atoms with E-state index in [1.165, 1.54) is 17.1 Å². The van der Waals surface area contributed by atoms with Gasteiger partial charge in [0.15, 0.2) is 0 Å². The van der Waals surface area contributed by atoms with E-state index in [-0.39, 0.29) is 11.6 Å². The Balaban J connectivity index is 1.97. The van der Waals surface area contributed by atoms with E-state index in [9.17, 15) is 9.70 Å². The quantitative estimate of drug-likeness (QED) is 0.762. The van der Waals surface area contributed by atoms with Crippen LogP contribution in [0.5, 0.6) is 0 Å². The Morgan fingerprint density at radius 2 is 2.11 bits per heavy atom. The zero-order chi connectivity index (χ0) is 13.8. The van der Waals surface area contributed by atoms with E-state index < -0.39 is 6.04 Å². The van der Waals surface area contributed by atoms with Gasteiger partial charge in [-0.25, -0.2) is 0 Å². The van der Waals surface area contributed by atoms with E-state index in [1.807, 2.05) is 4.90 Å². The highest BCUT2D eigenvalue weighted by molar-refractivity contribution is 5.80. The highest BCUT2D eigenvalue weighted by atomic mass is 16.3. The highest BCUT2D eigenvalue weighted by Gasteiger charge is 2.25. The van der Waals surface area contributed by atoms with E-state index in [0.29, 0.717) is 0 Å². The summed E-state index contributed by atoms with van der Waals surface area (Å²) in [6.45, 7) is 8.25. The van der Waals surface area contributed by atoms with Crippen molar-refractivity contribution in [3.8, 4) is 0 Å². The Labute approximate surface area is 112 Å². The fraction of sp³-hybridized carbons (Fsp3) is 0.667. The smallest absolute Gasteiger partial charge is 0.247 e. The van der Waals surface area contributed by atoms with Gasteiger partial charge in [0.2, 0.25) is 5.91 Å². The second kappa shape index (κ2) is 5.92. The van der Waals surface area contributed by atoms with Crippen LogP contribution in [0, 0.1) is 4.91 Å². The van der Waals surface area contributed by atoms with Crippen LogP contribution in [0.15, 0.2) is 17.6 Å². The van der Waals surface area contributed by atoms with Gasteiger partial charge >= 0.3 is 0 Å². The molecule has 104 valence electrons. The van der Waals surface area contributed by atoms with E-state index in [4.69, 9.17) is 0 Å². The highest BCUT2D eigenvalue weighted by Crippen LogP contribution is 2.16. The Bertz CT molecular complexity index is 451. The van der Waals surface area contributed by atoms with Gasteiger partial charge in [-0.1, -0.05) is 6.92 Å².